The summed E-state index contributed by atoms with van der Waals surface area (Å²) in [4.78, 5) is 10.4. The standard InChI is InChI=1S/C16H24FNO2/c1-2-15(6-4-3-5-7-16(19)20)18-12-13-8-10-14(17)11-9-13/h8-11,15,18H,2-7,12H2,1H3,(H,19,20). The van der Waals surface area contributed by atoms with Gasteiger partial charge < -0.3 is 10.4 Å². The van der Waals surface area contributed by atoms with Crippen LogP contribution in [0.4, 0.5) is 4.39 Å². The summed E-state index contributed by atoms with van der Waals surface area (Å²) < 4.78 is 12.8. The molecule has 0 aliphatic carbocycles. The average Bonchev–Trinajstić information content (AvgIpc) is 2.43. The zero-order valence-electron chi connectivity index (χ0n) is 12.1. The molecule has 0 radical (unpaired) electrons. The first-order valence-electron chi connectivity index (χ1n) is 7.31. The topological polar surface area (TPSA) is 49.3 Å². The molecule has 0 heterocycles. The van der Waals surface area contributed by atoms with Gasteiger partial charge in [-0.2, -0.15) is 0 Å². The third kappa shape index (κ3) is 7.24. The molecule has 1 unspecified atom stereocenters. The Morgan fingerprint density at radius 3 is 2.55 bits per heavy atom. The molecule has 20 heavy (non-hydrogen) atoms. The van der Waals surface area contributed by atoms with Crippen LogP contribution < -0.4 is 5.32 Å². The van der Waals surface area contributed by atoms with Crippen molar-refractivity contribution < 1.29 is 14.3 Å². The zero-order valence-corrected chi connectivity index (χ0v) is 12.1. The number of unbranched alkanes of at least 4 members (excludes halogenated alkanes) is 2. The lowest BCUT2D eigenvalue weighted by atomic mass is 10.0. The van der Waals surface area contributed by atoms with Crippen LogP contribution in [0.2, 0.25) is 0 Å². The molecule has 1 aromatic carbocycles. The molecule has 0 amide bonds. The van der Waals surface area contributed by atoms with Crippen molar-refractivity contribution in [2.45, 2.75) is 58.0 Å². The van der Waals surface area contributed by atoms with Crippen LogP contribution in [0.5, 0.6) is 0 Å². The zero-order chi connectivity index (χ0) is 14.8. The fraction of sp³-hybridized carbons (Fsp3) is 0.562. The summed E-state index contributed by atoms with van der Waals surface area (Å²) in [6.07, 6.45) is 5.12. The van der Waals surface area contributed by atoms with E-state index in [0.717, 1.165) is 44.2 Å². The van der Waals surface area contributed by atoms with Crippen LogP contribution in [0.1, 0.15) is 51.0 Å². The van der Waals surface area contributed by atoms with Crippen molar-refractivity contribution in [2.75, 3.05) is 0 Å². The van der Waals surface area contributed by atoms with Gasteiger partial charge in [0.25, 0.3) is 0 Å². The van der Waals surface area contributed by atoms with Gasteiger partial charge in [0, 0.05) is 19.0 Å². The van der Waals surface area contributed by atoms with Crippen LogP contribution in [-0.4, -0.2) is 17.1 Å². The van der Waals surface area contributed by atoms with E-state index < -0.39 is 5.97 Å². The predicted molar refractivity (Wildman–Crippen MR) is 78.0 cm³/mol. The summed E-state index contributed by atoms with van der Waals surface area (Å²) in [5.41, 5.74) is 1.08. The van der Waals surface area contributed by atoms with E-state index in [1.807, 2.05) is 0 Å². The van der Waals surface area contributed by atoms with E-state index in [-0.39, 0.29) is 12.2 Å². The molecule has 0 aliphatic heterocycles. The Morgan fingerprint density at radius 2 is 1.95 bits per heavy atom. The van der Waals surface area contributed by atoms with E-state index in [4.69, 9.17) is 5.11 Å². The van der Waals surface area contributed by atoms with Crippen LogP contribution in [0.25, 0.3) is 0 Å². The highest BCUT2D eigenvalue weighted by molar-refractivity contribution is 5.66. The molecule has 0 bridgehead atoms. The van der Waals surface area contributed by atoms with E-state index in [1.54, 1.807) is 12.1 Å². The van der Waals surface area contributed by atoms with Crippen LogP contribution in [0, 0.1) is 5.82 Å². The maximum Gasteiger partial charge on any atom is 0.303 e. The van der Waals surface area contributed by atoms with E-state index in [2.05, 4.69) is 12.2 Å². The lowest BCUT2D eigenvalue weighted by Gasteiger charge is -2.17. The number of hydrogen-bond acceptors (Lipinski definition) is 2. The molecule has 0 spiro atoms. The first-order chi connectivity index (χ1) is 9.61. The maximum absolute atomic E-state index is 12.8. The molecular formula is C16H24FNO2. The average molecular weight is 281 g/mol. The van der Waals surface area contributed by atoms with Crippen molar-refractivity contribution in [3.05, 3.63) is 35.6 Å². The summed E-state index contributed by atoms with van der Waals surface area (Å²) in [5, 5.41) is 12.0. The summed E-state index contributed by atoms with van der Waals surface area (Å²) >= 11 is 0. The Kier molecular flexibility index (Phi) is 7.88. The second kappa shape index (κ2) is 9.48. The molecule has 0 fully saturated rings. The monoisotopic (exact) mass is 281 g/mol. The van der Waals surface area contributed by atoms with Gasteiger partial charge in [-0.3, -0.25) is 4.79 Å². The van der Waals surface area contributed by atoms with Crippen LogP contribution in [0.3, 0.4) is 0 Å². The molecular weight excluding hydrogens is 257 g/mol. The second-order valence-electron chi connectivity index (χ2n) is 5.11. The SMILES string of the molecule is CCC(CCCCCC(=O)O)NCc1ccc(F)cc1. The highest BCUT2D eigenvalue weighted by atomic mass is 19.1. The van der Waals surface area contributed by atoms with E-state index in [9.17, 15) is 9.18 Å². The van der Waals surface area contributed by atoms with Crippen molar-refractivity contribution in [3.63, 3.8) is 0 Å². The molecule has 1 rings (SSSR count). The van der Waals surface area contributed by atoms with Gasteiger partial charge in [-0.05, 0) is 37.0 Å². The van der Waals surface area contributed by atoms with Gasteiger partial charge in [0.05, 0.1) is 0 Å². The molecule has 0 aliphatic rings. The highest BCUT2D eigenvalue weighted by Crippen LogP contribution is 2.09. The smallest absolute Gasteiger partial charge is 0.303 e. The molecule has 2 N–H and O–H groups in total. The second-order valence-corrected chi connectivity index (χ2v) is 5.11. The van der Waals surface area contributed by atoms with Crippen LogP contribution in [-0.2, 0) is 11.3 Å². The number of nitrogens with one attached hydrogen (secondary N) is 1. The van der Waals surface area contributed by atoms with Gasteiger partial charge in [-0.25, -0.2) is 4.39 Å². The van der Waals surface area contributed by atoms with Gasteiger partial charge in [-0.15, -0.1) is 0 Å². The summed E-state index contributed by atoms with van der Waals surface area (Å²) in [5.74, 6) is -0.925. The Morgan fingerprint density at radius 1 is 1.25 bits per heavy atom. The first-order valence-corrected chi connectivity index (χ1v) is 7.31. The molecule has 4 heteroatoms. The molecule has 0 saturated heterocycles. The van der Waals surface area contributed by atoms with Gasteiger partial charge >= 0.3 is 5.97 Å². The molecule has 0 saturated carbocycles. The fourth-order valence-corrected chi connectivity index (χ4v) is 2.16. The molecule has 3 nitrogen and oxygen atoms in total. The lowest BCUT2D eigenvalue weighted by Crippen LogP contribution is -2.27. The largest absolute Gasteiger partial charge is 0.481 e. The number of halogens is 1. The van der Waals surface area contributed by atoms with Crippen molar-refractivity contribution in [1.29, 1.82) is 0 Å². The van der Waals surface area contributed by atoms with Gasteiger partial charge in [0.15, 0.2) is 0 Å². The van der Waals surface area contributed by atoms with E-state index in [0.29, 0.717) is 6.04 Å². The number of carboxylic acid groups (broad SMARTS) is 1. The van der Waals surface area contributed by atoms with Crippen molar-refractivity contribution in [2.24, 2.45) is 0 Å². The van der Waals surface area contributed by atoms with E-state index in [1.165, 1.54) is 12.1 Å². The summed E-state index contributed by atoms with van der Waals surface area (Å²) in [6, 6.07) is 6.97. The number of benzene rings is 1. The third-order valence-corrected chi connectivity index (χ3v) is 3.44. The van der Waals surface area contributed by atoms with Gasteiger partial charge in [0.2, 0.25) is 0 Å². The van der Waals surface area contributed by atoms with Crippen LogP contribution in [0.15, 0.2) is 24.3 Å². The minimum Gasteiger partial charge on any atom is -0.481 e. The van der Waals surface area contributed by atoms with Crippen molar-refractivity contribution >= 4 is 5.97 Å². The Balaban J connectivity index is 2.19. The van der Waals surface area contributed by atoms with E-state index >= 15 is 0 Å². The van der Waals surface area contributed by atoms with Crippen molar-refractivity contribution in [3.8, 4) is 0 Å². The predicted octanol–water partition coefficient (Wildman–Crippen LogP) is 3.73. The molecule has 0 aromatic heterocycles. The first kappa shape index (κ1) is 16.6. The summed E-state index contributed by atoms with van der Waals surface area (Å²) in [6.45, 7) is 2.88. The quantitative estimate of drug-likeness (QED) is 0.642. The summed E-state index contributed by atoms with van der Waals surface area (Å²) in [7, 11) is 0. The molecule has 1 atom stereocenters. The maximum atomic E-state index is 12.8. The molecule has 112 valence electrons. The van der Waals surface area contributed by atoms with Gasteiger partial charge in [0.1, 0.15) is 5.82 Å². The number of carbonyl (C=O) groups is 1. The Hall–Kier alpha value is -1.42. The minimum atomic E-state index is -0.716. The number of rotatable bonds is 10. The number of carboxylic acids is 1. The Labute approximate surface area is 120 Å². The normalized spacial score (nSPS) is 12.3. The molecule has 1 aromatic rings. The highest BCUT2D eigenvalue weighted by Gasteiger charge is 2.06. The number of hydrogen-bond donors (Lipinski definition) is 2. The third-order valence-electron chi connectivity index (χ3n) is 3.44. The number of aliphatic carboxylic acids is 1. The minimum absolute atomic E-state index is 0.209. The fourth-order valence-electron chi connectivity index (χ4n) is 2.16. The van der Waals surface area contributed by atoms with Gasteiger partial charge in [-0.1, -0.05) is 31.9 Å². The van der Waals surface area contributed by atoms with Crippen molar-refractivity contribution in [1.82, 2.24) is 5.32 Å². The Bertz CT molecular complexity index is 392. The van der Waals surface area contributed by atoms with Crippen LogP contribution >= 0.6 is 0 Å². The lowest BCUT2D eigenvalue weighted by molar-refractivity contribution is -0.137.